The molecule has 1 amide bonds. The molecule has 0 aliphatic carbocycles. The van der Waals surface area contributed by atoms with Gasteiger partial charge in [-0.1, -0.05) is 53.8 Å². The van der Waals surface area contributed by atoms with E-state index < -0.39 is 6.04 Å². The van der Waals surface area contributed by atoms with E-state index >= 15 is 0 Å². The van der Waals surface area contributed by atoms with Crippen LogP contribution in [0.5, 0.6) is 11.5 Å². The van der Waals surface area contributed by atoms with Crippen LogP contribution in [0.4, 0.5) is 5.69 Å². The molecule has 1 N–H and O–H groups in total. The number of para-hydroxylation sites is 1. The topological polar surface area (TPSA) is 81.9 Å². The first-order valence-corrected chi connectivity index (χ1v) is 13.1. The van der Waals surface area contributed by atoms with Crippen molar-refractivity contribution in [1.29, 1.82) is 0 Å². The standard InChI is InChI=1S/C30H27N3O4S/c1-4-37-24-14-10-20(11-15-24)18-25-29(35)33-27(21-12-16-23(36-3)17-13-21)26(19(2)31-30(33)38-25)28(34)32-22-8-6-5-7-9-22/h5-18,27H,4H2,1-3H3,(H,32,34)/b25-18+/t27-/m1/s1. The van der Waals surface area contributed by atoms with Gasteiger partial charge in [-0.3, -0.25) is 14.2 Å². The van der Waals surface area contributed by atoms with Crippen LogP contribution in [0.25, 0.3) is 6.08 Å². The Morgan fingerprint density at radius 3 is 2.37 bits per heavy atom. The fourth-order valence-corrected chi connectivity index (χ4v) is 5.46. The molecule has 0 unspecified atom stereocenters. The first-order valence-electron chi connectivity index (χ1n) is 12.2. The van der Waals surface area contributed by atoms with E-state index in [1.54, 1.807) is 18.6 Å². The highest BCUT2D eigenvalue weighted by atomic mass is 32.1. The number of amides is 1. The fourth-order valence-electron chi connectivity index (χ4n) is 4.41. The lowest BCUT2D eigenvalue weighted by molar-refractivity contribution is -0.113. The van der Waals surface area contributed by atoms with Gasteiger partial charge in [-0.05, 0) is 67.4 Å². The molecule has 0 saturated heterocycles. The molecule has 5 rings (SSSR count). The normalized spacial score (nSPS) is 15.0. The van der Waals surface area contributed by atoms with Crippen molar-refractivity contribution in [1.82, 2.24) is 4.57 Å². The van der Waals surface area contributed by atoms with E-state index in [0.29, 0.717) is 38.6 Å². The van der Waals surface area contributed by atoms with E-state index in [0.717, 1.165) is 16.9 Å². The molecule has 1 aromatic heterocycles. The Balaban J connectivity index is 1.63. The lowest BCUT2D eigenvalue weighted by Gasteiger charge is -2.25. The number of methoxy groups -OCH3 is 1. The van der Waals surface area contributed by atoms with Crippen LogP contribution in [-0.2, 0) is 4.79 Å². The van der Waals surface area contributed by atoms with Gasteiger partial charge in [-0.15, -0.1) is 0 Å². The van der Waals surface area contributed by atoms with Gasteiger partial charge in [-0.25, -0.2) is 4.99 Å². The average molecular weight is 526 g/mol. The molecule has 4 aromatic rings. The van der Waals surface area contributed by atoms with Gasteiger partial charge in [-0.2, -0.15) is 0 Å². The van der Waals surface area contributed by atoms with Gasteiger partial charge in [0.2, 0.25) is 0 Å². The van der Waals surface area contributed by atoms with Crippen molar-refractivity contribution >= 4 is 29.0 Å². The average Bonchev–Trinajstić information content (AvgIpc) is 3.23. The summed E-state index contributed by atoms with van der Waals surface area (Å²) in [4.78, 5) is 32.6. The molecule has 8 heteroatoms. The maximum absolute atomic E-state index is 13.8. The number of hydrogen-bond acceptors (Lipinski definition) is 6. The number of fused-ring (bicyclic) bond motifs is 1. The minimum atomic E-state index is -0.650. The minimum absolute atomic E-state index is 0.207. The number of rotatable bonds is 7. The summed E-state index contributed by atoms with van der Waals surface area (Å²) in [7, 11) is 1.60. The van der Waals surface area contributed by atoms with Gasteiger partial charge in [0, 0.05) is 5.69 Å². The van der Waals surface area contributed by atoms with Crippen molar-refractivity contribution in [2.45, 2.75) is 19.9 Å². The second-order valence-electron chi connectivity index (χ2n) is 8.68. The monoisotopic (exact) mass is 525 g/mol. The summed E-state index contributed by atoms with van der Waals surface area (Å²) < 4.78 is 13.0. The van der Waals surface area contributed by atoms with Crippen LogP contribution >= 0.6 is 11.3 Å². The number of aromatic nitrogens is 1. The Morgan fingerprint density at radius 1 is 1.03 bits per heavy atom. The number of ether oxygens (including phenoxy) is 2. The first-order chi connectivity index (χ1) is 18.5. The summed E-state index contributed by atoms with van der Waals surface area (Å²) in [6.07, 6.45) is 1.84. The molecule has 0 bridgehead atoms. The molecular formula is C30H27N3O4S. The van der Waals surface area contributed by atoms with Crippen LogP contribution in [0.3, 0.4) is 0 Å². The fraction of sp³-hybridized carbons (Fsp3) is 0.167. The molecule has 1 aliphatic heterocycles. The number of nitrogens with zero attached hydrogens (tertiary/aromatic N) is 2. The molecule has 0 radical (unpaired) electrons. The number of hydrogen-bond donors (Lipinski definition) is 1. The number of carbonyl (C=O) groups is 1. The zero-order valence-electron chi connectivity index (χ0n) is 21.3. The van der Waals surface area contributed by atoms with Crippen molar-refractivity contribution in [2.24, 2.45) is 4.99 Å². The summed E-state index contributed by atoms with van der Waals surface area (Å²) in [6, 6.07) is 23.6. The Bertz CT molecular complexity index is 1670. The Kier molecular flexibility index (Phi) is 7.24. The highest BCUT2D eigenvalue weighted by Gasteiger charge is 2.32. The summed E-state index contributed by atoms with van der Waals surface area (Å²) in [6.45, 7) is 4.33. The maximum atomic E-state index is 13.8. The van der Waals surface area contributed by atoms with Gasteiger partial charge in [0.15, 0.2) is 4.80 Å². The zero-order chi connectivity index (χ0) is 26.6. The van der Waals surface area contributed by atoms with E-state index in [1.165, 1.54) is 11.3 Å². The van der Waals surface area contributed by atoms with E-state index in [4.69, 9.17) is 14.5 Å². The predicted molar refractivity (Wildman–Crippen MR) is 149 cm³/mol. The van der Waals surface area contributed by atoms with Gasteiger partial charge < -0.3 is 14.8 Å². The number of nitrogens with one attached hydrogen (secondary N) is 1. The van der Waals surface area contributed by atoms with Crippen molar-refractivity contribution in [3.8, 4) is 11.5 Å². The van der Waals surface area contributed by atoms with Crippen molar-refractivity contribution in [3.63, 3.8) is 0 Å². The van der Waals surface area contributed by atoms with E-state index in [1.807, 2.05) is 91.9 Å². The quantitative estimate of drug-likeness (QED) is 0.391. The molecule has 0 spiro atoms. The Morgan fingerprint density at radius 2 is 1.71 bits per heavy atom. The number of allylic oxidation sites excluding steroid dienone is 1. The van der Waals surface area contributed by atoms with Crippen LogP contribution in [0.15, 0.2) is 99.9 Å². The first kappa shape index (κ1) is 25.2. The molecule has 1 atom stereocenters. The van der Waals surface area contributed by atoms with Crippen LogP contribution in [0.1, 0.15) is 31.0 Å². The van der Waals surface area contributed by atoms with Crippen LogP contribution in [0.2, 0.25) is 0 Å². The molecule has 2 heterocycles. The largest absolute Gasteiger partial charge is 0.497 e. The Labute approximate surface area is 224 Å². The van der Waals surface area contributed by atoms with Crippen LogP contribution in [-0.4, -0.2) is 24.2 Å². The summed E-state index contributed by atoms with van der Waals surface area (Å²) in [5.74, 6) is 1.15. The molecular weight excluding hydrogens is 498 g/mol. The van der Waals surface area contributed by atoms with Gasteiger partial charge in [0.05, 0.1) is 35.6 Å². The second-order valence-corrected chi connectivity index (χ2v) is 9.69. The van der Waals surface area contributed by atoms with E-state index in [-0.39, 0.29) is 11.5 Å². The van der Waals surface area contributed by atoms with Crippen LogP contribution < -0.4 is 29.7 Å². The number of anilines is 1. The molecule has 1 aliphatic rings. The zero-order valence-corrected chi connectivity index (χ0v) is 22.1. The van der Waals surface area contributed by atoms with Crippen molar-refractivity contribution < 1.29 is 14.3 Å². The lowest BCUT2D eigenvalue weighted by atomic mass is 9.95. The predicted octanol–water partition coefficient (Wildman–Crippen LogP) is 4.28. The molecule has 7 nitrogen and oxygen atoms in total. The van der Waals surface area contributed by atoms with Gasteiger partial charge in [0.25, 0.3) is 11.5 Å². The SMILES string of the molecule is CCOc1ccc(/C=c2/sc3n(c2=O)[C@H](c2ccc(OC)cc2)C(C(=O)Nc2ccccc2)=C(C)N=3)cc1. The third-order valence-corrected chi connectivity index (χ3v) is 7.20. The van der Waals surface area contributed by atoms with E-state index in [2.05, 4.69) is 5.32 Å². The van der Waals surface area contributed by atoms with E-state index in [9.17, 15) is 9.59 Å². The summed E-state index contributed by atoms with van der Waals surface area (Å²) >= 11 is 1.31. The van der Waals surface area contributed by atoms with Gasteiger partial charge >= 0.3 is 0 Å². The smallest absolute Gasteiger partial charge is 0.271 e. The summed E-state index contributed by atoms with van der Waals surface area (Å²) in [5.41, 5.74) is 3.09. The molecule has 38 heavy (non-hydrogen) atoms. The number of carbonyl (C=O) groups excluding carboxylic acids is 1. The van der Waals surface area contributed by atoms with Crippen molar-refractivity contribution in [3.05, 3.63) is 121 Å². The second kappa shape index (κ2) is 10.9. The summed E-state index contributed by atoms with van der Waals surface area (Å²) in [5, 5.41) is 2.96. The highest BCUT2D eigenvalue weighted by Crippen LogP contribution is 2.31. The van der Waals surface area contributed by atoms with Crippen LogP contribution in [0, 0.1) is 0 Å². The Hall–Kier alpha value is -4.43. The minimum Gasteiger partial charge on any atom is -0.497 e. The number of benzene rings is 3. The number of thiazole rings is 1. The molecule has 0 fully saturated rings. The van der Waals surface area contributed by atoms with Crippen molar-refractivity contribution in [2.75, 3.05) is 19.0 Å². The molecule has 3 aromatic carbocycles. The third kappa shape index (κ3) is 5.03. The maximum Gasteiger partial charge on any atom is 0.271 e. The molecule has 192 valence electrons. The molecule has 0 saturated carbocycles. The lowest BCUT2D eigenvalue weighted by Crippen LogP contribution is -2.40. The van der Waals surface area contributed by atoms with Gasteiger partial charge in [0.1, 0.15) is 11.5 Å². The third-order valence-electron chi connectivity index (χ3n) is 6.22. The highest BCUT2D eigenvalue weighted by molar-refractivity contribution is 7.07.